The summed E-state index contributed by atoms with van der Waals surface area (Å²) in [5.41, 5.74) is 0. The Morgan fingerprint density at radius 2 is 1.11 bits per heavy atom. The summed E-state index contributed by atoms with van der Waals surface area (Å²) in [7, 11) is -0.817. The van der Waals surface area contributed by atoms with Gasteiger partial charge in [-0.2, -0.15) is 0 Å². The van der Waals surface area contributed by atoms with Crippen molar-refractivity contribution in [1.29, 1.82) is 0 Å². The van der Waals surface area contributed by atoms with Crippen LogP contribution in [0.1, 0.15) is 78.6 Å². The van der Waals surface area contributed by atoms with Gasteiger partial charge in [0.05, 0.1) is 0 Å². The standard InChI is InChI=1S/C18H39P/c1-5-9-10-11-12-13-14-15-16-17-18-19(6-2,7-3)8-4/h5,19H,1,6-18H2,2-4H3. The second-order valence-electron chi connectivity index (χ2n) is 6.22. The van der Waals surface area contributed by atoms with E-state index in [-0.39, 0.29) is 0 Å². The average Bonchev–Trinajstić information content (AvgIpc) is 2.46. The van der Waals surface area contributed by atoms with E-state index in [9.17, 15) is 0 Å². The third kappa shape index (κ3) is 9.67. The third-order valence-corrected chi connectivity index (χ3v) is 11.0. The van der Waals surface area contributed by atoms with E-state index in [1.165, 1.54) is 76.3 Å². The molecule has 0 fully saturated rings. The molecule has 116 valence electrons. The fraction of sp³-hybridized carbons (Fsp3) is 0.889. The molecule has 0 aromatic rings. The molecule has 0 unspecified atom stereocenters. The molecule has 0 atom stereocenters. The van der Waals surface area contributed by atoms with Crippen molar-refractivity contribution < 1.29 is 0 Å². The topological polar surface area (TPSA) is 0 Å². The van der Waals surface area contributed by atoms with Crippen LogP contribution in [0.25, 0.3) is 0 Å². The van der Waals surface area contributed by atoms with Gasteiger partial charge in [0, 0.05) is 0 Å². The van der Waals surface area contributed by atoms with Crippen LogP contribution in [0.15, 0.2) is 12.7 Å². The van der Waals surface area contributed by atoms with Crippen molar-refractivity contribution in [3.05, 3.63) is 12.7 Å². The first kappa shape index (κ1) is 19.2. The molecule has 1 heteroatoms. The van der Waals surface area contributed by atoms with Gasteiger partial charge in [0.2, 0.25) is 0 Å². The summed E-state index contributed by atoms with van der Waals surface area (Å²) in [6, 6.07) is 0. The van der Waals surface area contributed by atoms with Gasteiger partial charge in [-0.25, -0.2) is 0 Å². The van der Waals surface area contributed by atoms with Crippen molar-refractivity contribution in [2.75, 3.05) is 24.6 Å². The number of hydrogen-bond donors (Lipinski definition) is 0. The van der Waals surface area contributed by atoms with Crippen LogP contribution in [-0.4, -0.2) is 24.6 Å². The molecule has 0 nitrogen and oxygen atoms in total. The van der Waals surface area contributed by atoms with E-state index in [4.69, 9.17) is 0 Å². The van der Waals surface area contributed by atoms with Crippen LogP contribution in [0, 0.1) is 0 Å². The van der Waals surface area contributed by atoms with Crippen LogP contribution in [0.2, 0.25) is 0 Å². The molecule has 0 saturated heterocycles. The second kappa shape index (κ2) is 13.2. The molecule has 0 amide bonds. The summed E-state index contributed by atoms with van der Waals surface area (Å²) in [6.07, 6.45) is 20.9. The van der Waals surface area contributed by atoms with Crippen molar-refractivity contribution in [3.63, 3.8) is 0 Å². The zero-order valence-corrected chi connectivity index (χ0v) is 15.0. The Morgan fingerprint density at radius 1 is 0.684 bits per heavy atom. The maximum absolute atomic E-state index is 3.77. The zero-order valence-electron chi connectivity index (χ0n) is 14.0. The third-order valence-electron chi connectivity index (χ3n) is 5.12. The molecule has 0 aliphatic heterocycles. The average molecular weight is 286 g/mol. The molecule has 0 rings (SSSR count). The molecule has 0 aromatic heterocycles. The molecule has 0 saturated carbocycles. The van der Waals surface area contributed by atoms with Gasteiger partial charge in [-0.15, -0.1) is 0 Å². The van der Waals surface area contributed by atoms with Gasteiger partial charge in [-0.05, 0) is 0 Å². The van der Waals surface area contributed by atoms with Crippen molar-refractivity contribution in [1.82, 2.24) is 0 Å². The first-order valence-electron chi connectivity index (χ1n) is 8.85. The van der Waals surface area contributed by atoms with Crippen LogP contribution in [0.5, 0.6) is 0 Å². The SMILES string of the molecule is C=CCCCCCCCCCC[PH](CC)(CC)CC. The van der Waals surface area contributed by atoms with Gasteiger partial charge in [-0.3, -0.25) is 0 Å². The fourth-order valence-electron chi connectivity index (χ4n) is 3.13. The number of hydrogen-bond acceptors (Lipinski definition) is 0. The van der Waals surface area contributed by atoms with Crippen LogP contribution in [-0.2, 0) is 0 Å². The van der Waals surface area contributed by atoms with E-state index in [0.29, 0.717) is 0 Å². The summed E-state index contributed by atoms with van der Waals surface area (Å²) in [5.74, 6) is 0. The zero-order chi connectivity index (χ0) is 14.4. The molecule has 0 radical (unpaired) electrons. The Balaban J connectivity index is 3.37. The fourth-order valence-corrected chi connectivity index (χ4v) is 6.69. The predicted octanol–water partition coefficient (Wildman–Crippen LogP) is 6.49. The summed E-state index contributed by atoms with van der Waals surface area (Å²) < 4.78 is 0. The van der Waals surface area contributed by atoms with Gasteiger partial charge in [0.1, 0.15) is 0 Å². The minimum absolute atomic E-state index is 0.817. The molecule has 0 aliphatic carbocycles. The molecule has 0 N–H and O–H groups in total. The number of allylic oxidation sites excluding steroid dienone is 1. The summed E-state index contributed by atoms with van der Waals surface area (Å²) in [4.78, 5) is 0. The van der Waals surface area contributed by atoms with Crippen molar-refractivity contribution in [2.24, 2.45) is 0 Å². The molecular formula is C18H39P. The van der Waals surface area contributed by atoms with Gasteiger partial charge in [0.25, 0.3) is 0 Å². The van der Waals surface area contributed by atoms with E-state index < -0.39 is 7.26 Å². The molecule has 0 heterocycles. The molecule has 0 bridgehead atoms. The van der Waals surface area contributed by atoms with Crippen molar-refractivity contribution >= 4 is 7.26 Å². The van der Waals surface area contributed by atoms with E-state index in [0.717, 1.165) is 0 Å². The van der Waals surface area contributed by atoms with E-state index in [1.54, 1.807) is 6.16 Å². The Morgan fingerprint density at radius 3 is 1.53 bits per heavy atom. The van der Waals surface area contributed by atoms with Crippen LogP contribution < -0.4 is 0 Å². The normalized spacial score (nSPS) is 12.6. The minimum atomic E-state index is -0.817. The van der Waals surface area contributed by atoms with Crippen LogP contribution >= 0.6 is 7.26 Å². The predicted molar refractivity (Wildman–Crippen MR) is 96.6 cm³/mol. The Hall–Kier alpha value is 0.170. The summed E-state index contributed by atoms with van der Waals surface area (Å²) in [5, 5.41) is 0. The molecular weight excluding hydrogens is 247 g/mol. The molecule has 19 heavy (non-hydrogen) atoms. The van der Waals surface area contributed by atoms with Crippen LogP contribution in [0.4, 0.5) is 0 Å². The summed E-state index contributed by atoms with van der Waals surface area (Å²) >= 11 is 0. The first-order chi connectivity index (χ1) is 9.24. The maximum atomic E-state index is 3.77. The van der Waals surface area contributed by atoms with Gasteiger partial charge in [-0.1, -0.05) is 0 Å². The molecule has 0 spiro atoms. The van der Waals surface area contributed by atoms with E-state index >= 15 is 0 Å². The van der Waals surface area contributed by atoms with Gasteiger partial charge < -0.3 is 0 Å². The first-order valence-corrected chi connectivity index (χ1v) is 11.7. The molecule has 0 aliphatic rings. The number of unbranched alkanes of at least 4 members (excludes halogenated alkanes) is 8. The van der Waals surface area contributed by atoms with Gasteiger partial charge >= 0.3 is 123 Å². The van der Waals surface area contributed by atoms with Crippen molar-refractivity contribution in [3.8, 4) is 0 Å². The van der Waals surface area contributed by atoms with Crippen molar-refractivity contribution in [2.45, 2.75) is 78.6 Å². The Labute approximate surface area is 123 Å². The molecule has 0 aromatic carbocycles. The Kier molecular flexibility index (Phi) is 13.3. The second-order valence-corrected chi connectivity index (χ2v) is 11.8. The quantitative estimate of drug-likeness (QED) is 0.194. The summed E-state index contributed by atoms with van der Waals surface area (Å²) in [6.45, 7) is 11.1. The van der Waals surface area contributed by atoms with E-state index in [2.05, 4.69) is 27.4 Å². The van der Waals surface area contributed by atoms with Gasteiger partial charge in [0.15, 0.2) is 0 Å². The Bertz CT molecular complexity index is 186. The monoisotopic (exact) mass is 286 g/mol. The van der Waals surface area contributed by atoms with E-state index in [1.807, 2.05) is 6.08 Å². The van der Waals surface area contributed by atoms with Crippen LogP contribution in [0.3, 0.4) is 0 Å². The number of rotatable bonds is 14.